The summed E-state index contributed by atoms with van der Waals surface area (Å²) in [5, 5.41) is 20.5. The van der Waals surface area contributed by atoms with Crippen molar-refractivity contribution < 1.29 is 10.2 Å². The highest BCUT2D eigenvalue weighted by Crippen LogP contribution is 2.66. The van der Waals surface area contributed by atoms with Crippen molar-refractivity contribution >= 4 is 0 Å². The van der Waals surface area contributed by atoms with Crippen LogP contribution in [-0.4, -0.2) is 22.4 Å². The average molecular weight is 401 g/mol. The standard InChI is InChI=1S/C27H44O2/c1-17(2)25(29)11-6-18(3)22-9-10-23-21-8-7-19-16-20(28)12-14-26(19,4)24(21)13-15-27(22,23)5/h7-8,17-18,20,22-25,28-29H,6,9-16H2,1-5H3/t18-,20?,22-,23+,24+,25?,26+,27-/m1/s1. The van der Waals surface area contributed by atoms with E-state index in [9.17, 15) is 10.2 Å². The van der Waals surface area contributed by atoms with E-state index in [0.29, 0.717) is 23.2 Å². The normalized spacial score (nSPS) is 43.7. The molecule has 2 heteroatoms. The fraction of sp³-hybridized carbons (Fsp3) is 0.852. The van der Waals surface area contributed by atoms with Crippen molar-refractivity contribution in [3.63, 3.8) is 0 Å². The first-order chi connectivity index (χ1) is 13.7. The molecule has 3 fully saturated rings. The second kappa shape index (κ2) is 7.83. The van der Waals surface area contributed by atoms with Gasteiger partial charge in [-0.2, -0.15) is 0 Å². The molecule has 2 nitrogen and oxygen atoms in total. The van der Waals surface area contributed by atoms with Gasteiger partial charge in [-0.15, -0.1) is 0 Å². The maximum absolute atomic E-state index is 10.3. The molecule has 0 saturated heterocycles. The molecule has 0 spiro atoms. The Labute approximate surface area is 178 Å². The van der Waals surface area contributed by atoms with Crippen LogP contribution in [0.1, 0.15) is 92.4 Å². The zero-order valence-corrected chi connectivity index (χ0v) is 19.5. The smallest absolute Gasteiger partial charge is 0.0578 e. The van der Waals surface area contributed by atoms with Crippen LogP contribution in [-0.2, 0) is 0 Å². The third-order valence-electron chi connectivity index (χ3n) is 9.99. The molecule has 0 aromatic heterocycles. The first-order valence-electron chi connectivity index (χ1n) is 12.4. The number of allylic oxidation sites excluding steroid dienone is 3. The van der Waals surface area contributed by atoms with Crippen LogP contribution in [0.25, 0.3) is 0 Å². The van der Waals surface area contributed by atoms with Crippen molar-refractivity contribution in [3.8, 4) is 0 Å². The number of aliphatic hydroxyl groups excluding tert-OH is 2. The highest BCUT2D eigenvalue weighted by Gasteiger charge is 2.56. The van der Waals surface area contributed by atoms with Crippen LogP contribution in [0.3, 0.4) is 0 Å². The summed E-state index contributed by atoms with van der Waals surface area (Å²) in [7, 11) is 0. The molecule has 0 radical (unpaired) electrons. The molecule has 0 amide bonds. The van der Waals surface area contributed by atoms with Crippen LogP contribution in [0.2, 0.25) is 0 Å². The van der Waals surface area contributed by atoms with Crippen LogP contribution in [0, 0.1) is 40.4 Å². The lowest BCUT2D eigenvalue weighted by molar-refractivity contribution is 0.0288. The minimum Gasteiger partial charge on any atom is -0.393 e. The van der Waals surface area contributed by atoms with E-state index in [2.05, 4.69) is 46.8 Å². The lowest BCUT2D eigenvalue weighted by Gasteiger charge is -2.55. The minimum absolute atomic E-state index is 0.129. The molecule has 0 aliphatic heterocycles. The Hall–Kier alpha value is -0.600. The Morgan fingerprint density at radius 2 is 1.72 bits per heavy atom. The first kappa shape index (κ1) is 21.6. The van der Waals surface area contributed by atoms with Gasteiger partial charge in [-0.05, 0) is 98.2 Å². The predicted octanol–water partition coefficient (Wildman–Crippen LogP) is 6.28. The van der Waals surface area contributed by atoms with E-state index < -0.39 is 0 Å². The number of fused-ring (bicyclic) bond motifs is 5. The zero-order valence-electron chi connectivity index (χ0n) is 19.5. The monoisotopic (exact) mass is 400 g/mol. The number of hydrogen-bond acceptors (Lipinski definition) is 2. The van der Waals surface area contributed by atoms with Crippen molar-refractivity contribution in [2.45, 2.75) is 105 Å². The first-order valence-corrected chi connectivity index (χ1v) is 12.4. The molecule has 0 aromatic carbocycles. The molecule has 164 valence electrons. The minimum atomic E-state index is -0.149. The van der Waals surface area contributed by atoms with Gasteiger partial charge in [-0.3, -0.25) is 0 Å². The Morgan fingerprint density at radius 1 is 0.966 bits per heavy atom. The third-order valence-corrected chi connectivity index (χ3v) is 9.99. The van der Waals surface area contributed by atoms with Gasteiger partial charge >= 0.3 is 0 Å². The lowest BCUT2D eigenvalue weighted by Crippen LogP contribution is -2.46. The van der Waals surface area contributed by atoms with Gasteiger partial charge in [0.2, 0.25) is 0 Å². The van der Waals surface area contributed by atoms with Gasteiger partial charge < -0.3 is 10.2 Å². The summed E-state index contributed by atoms with van der Waals surface area (Å²) in [5.74, 6) is 3.30. The number of aliphatic hydroxyl groups is 2. The van der Waals surface area contributed by atoms with E-state index in [-0.39, 0.29) is 17.6 Å². The Morgan fingerprint density at radius 3 is 2.45 bits per heavy atom. The van der Waals surface area contributed by atoms with E-state index in [0.717, 1.165) is 43.9 Å². The Balaban J connectivity index is 1.52. The Bertz CT molecular complexity index is 676. The second-order valence-electron chi connectivity index (χ2n) is 11.9. The van der Waals surface area contributed by atoms with Gasteiger partial charge in [-0.1, -0.05) is 57.9 Å². The molecule has 29 heavy (non-hydrogen) atoms. The van der Waals surface area contributed by atoms with Crippen LogP contribution < -0.4 is 0 Å². The van der Waals surface area contributed by atoms with E-state index >= 15 is 0 Å². The summed E-state index contributed by atoms with van der Waals surface area (Å²) < 4.78 is 0. The highest BCUT2D eigenvalue weighted by atomic mass is 16.3. The summed E-state index contributed by atoms with van der Waals surface area (Å²) in [6, 6.07) is 0. The molecule has 2 unspecified atom stereocenters. The lowest BCUT2D eigenvalue weighted by atomic mass is 9.50. The summed E-state index contributed by atoms with van der Waals surface area (Å²) in [6.45, 7) is 11.8. The van der Waals surface area contributed by atoms with Crippen molar-refractivity contribution in [2.75, 3.05) is 0 Å². The Kier molecular flexibility index (Phi) is 5.84. The van der Waals surface area contributed by atoms with Crippen LogP contribution >= 0.6 is 0 Å². The zero-order chi connectivity index (χ0) is 21.0. The van der Waals surface area contributed by atoms with Crippen molar-refractivity contribution in [1.82, 2.24) is 0 Å². The fourth-order valence-corrected chi connectivity index (χ4v) is 7.93. The molecule has 0 aromatic rings. The summed E-state index contributed by atoms with van der Waals surface area (Å²) >= 11 is 0. The van der Waals surface area contributed by atoms with E-state index in [1.54, 1.807) is 5.57 Å². The maximum atomic E-state index is 10.3. The molecule has 3 saturated carbocycles. The van der Waals surface area contributed by atoms with Gasteiger partial charge in [0.05, 0.1) is 12.2 Å². The maximum Gasteiger partial charge on any atom is 0.0578 e. The van der Waals surface area contributed by atoms with Crippen LogP contribution in [0.4, 0.5) is 0 Å². The SMILES string of the molecule is CC(C)C(O)CC[C@@H](C)[C@H]1CC[C@H]2C3=CC=C4CC(O)CC[C@]4(C)[C@H]3CC[C@]12C. The van der Waals surface area contributed by atoms with Gasteiger partial charge in [0.15, 0.2) is 0 Å². The van der Waals surface area contributed by atoms with E-state index in [1.807, 2.05) is 0 Å². The molecular formula is C27H44O2. The topological polar surface area (TPSA) is 40.5 Å². The molecular weight excluding hydrogens is 356 g/mol. The summed E-state index contributed by atoms with van der Waals surface area (Å²) in [6.07, 6.45) is 15.1. The van der Waals surface area contributed by atoms with Gasteiger partial charge in [0, 0.05) is 0 Å². The van der Waals surface area contributed by atoms with E-state index in [4.69, 9.17) is 0 Å². The number of hydrogen-bond donors (Lipinski definition) is 2. The van der Waals surface area contributed by atoms with Crippen molar-refractivity contribution in [3.05, 3.63) is 23.3 Å². The fourth-order valence-electron chi connectivity index (χ4n) is 7.93. The third kappa shape index (κ3) is 3.57. The van der Waals surface area contributed by atoms with Gasteiger partial charge in [0.1, 0.15) is 0 Å². The van der Waals surface area contributed by atoms with E-state index in [1.165, 1.54) is 31.3 Å². The van der Waals surface area contributed by atoms with Crippen LogP contribution in [0.15, 0.2) is 23.3 Å². The quantitative estimate of drug-likeness (QED) is 0.570. The molecule has 0 heterocycles. The van der Waals surface area contributed by atoms with Crippen molar-refractivity contribution in [1.29, 1.82) is 0 Å². The molecule has 4 aliphatic rings. The number of rotatable bonds is 5. The molecule has 8 atom stereocenters. The molecule has 4 aliphatic carbocycles. The molecule has 4 rings (SSSR count). The summed E-state index contributed by atoms with van der Waals surface area (Å²) in [4.78, 5) is 0. The highest BCUT2D eigenvalue weighted by molar-refractivity contribution is 5.38. The largest absolute Gasteiger partial charge is 0.393 e. The predicted molar refractivity (Wildman–Crippen MR) is 120 cm³/mol. The summed E-state index contributed by atoms with van der Waals surface area (Å²) in [5.41, 5.74) is 3.98. The second-order valence-corrected chi connectivity index (χ2v) is 11.9. The van der Waals surface area contributed by atoms with Crippen LogP contribution in [0.5, 0.6) is 0 Å². The molecule has 0 bridgehead atoms. The average Bonchev–Trinajstić information content (AvgIpc) is 3.03. The van der Waals surface area contributed by atoms with Crippen molar-refractivity contribution in [2.24, 2.45) is 40.4 Å². The van der Waals surface area contributed by atoms with Gasteiger partial charge in [0.25, 0.3) is 0 Å². The van der Waals surface area contributed by atoms with Gasteiger partial charge in [-0.25, -0.2) is 0 Å². The molecule has 2 N–H and O–H groups in total.